The van der Waals surface area contributed by atoms with Crippen molar-refractivity contribution in [1.82, 2.24) is 15.2 Å². The summed E-state index contributed by atoms with van der Waals surface area (Å²) < 4.78 is 0. The molecule has 1 aromatic carbocycles. The predicted molar refractivity (Wildman–Crippen MR) is 56.8 cm³/mol. The number of fused-ring (bicyclic) bond motifs is 1. The Balaban J connectivity index is 2.53. The number of nitrogens with zero attached hydrogens (tertiary/aromatic N) is 3. The second-order valence-electron chi connectivity index (χ2n) is 3.29. The number of hydrogen-bond donors (Lipinski definition) is 1. The average molecular weight is 188 g/mol. The van der Waals surface area contributed by atoms with E-state index in [0.717, 1.165) is 16.6 Å². The number of anilines is 1. The van der Waals surface area contributed by atoms with Gasteiger partial charge in [0.2, 0.25) is 0 Å². The smallest absolute Gasteiger partial charge is 0.170 e. The SMILES string of the molecule is CN(C)Nc1nncc2ccccc12. The van der Waals surface area contributed by atoms with Crippen LogP contribution >= 0.6 is 0 Å². The van der Waals surface area contributed by atoms with Crippen LogP contribution in [-0.2, 0) is 0 Å². The lowest BCUT2D eigenvalue weighted by molar-refractivity contribution is 0.492. The van der Waals surface area contributed by atoms with Crippen molar-refractivity contribution >= 4 is 16.6 Å². The molecule has 4 nitrogen and oxygen atoms in total. The van der Waals surface area contributed by atoms with Crippen molar-refractivity contribution in [2.24, 2.45) is 0 Å². The Morgan fingerprint density at radius 3 is 2.79 bits per heavy atom. The van der Waals surface area contributed by atoms with Crippen molar-refractivity contribution in [1.29, 1.82) is 0 Å². The maximum Gasteiger partial charge on any atom is 0.170 e. The van der Waals surface area contributed by atoms with Gasteiger partial charge in [0.15, 0.2) is 5.82 Å². The third kappa shape index (κ3) is 1.65. The van der Waals surface area contributed by atoms with E-state index in [-0.39, 0.29) is 0 Å². The van der Waals surface area contributed by atoms with Crippen LogP contribution in [0.25, 0.3) is 10.8 Å². The molecule has 0 unspecified atom stereocenters. The van der Waals surface area contributed by atoms with Crippen LogP contribution in [-0.4, -0.2) is 29.3 Å². The minimum Gasteiger partial charge on any atom is -0.302 e. The van der Waals surface area contributed by atoms with Crippen LogP contribution in [0.15, 0.2) is 30.5 Å². The molecule has 0 amide bonds. The summed E-state index contributed by atoms with van der Waals surface area (Å²) in [5.41, 5.74) is 3.11. The van der Waals surface area contributed by atoms with Crippen molar-refractivity contribution in [3.05, 3.63) is 30.5 Å². The number of rotatable bonds is 2. The van der Waals surface area contributed by atoms with Crippen LogP contribution in [0.1, 0.15) is 0 Å². The van der Waals surface area contributed by atoms with Gasteiger partial charge < -0.3 is 5.43 Å². The second kappa shape index (κ2) is 3.59. The monoisotopic (exact) mass is 188 g/mol. The fourth-order valence-electron chi connectivity index (χ4n) is 1.32. The third-order valence-corrected chi connectivity index (χ3v) is 1.90. The van der Waals surface area contributed by atoms with Crippen LogP contribution < -0.4 is 5.43 Å². The highest BCUT2D eigenvalue weighted by atomic mass is 15.5. The Bertz CT molecular complexity index is 434. The van der Waals surface area contributed by atoms with E-state index in [1.807, 2.05) is 43.4 Å². The molecule has 2 aromatic rings. The van der Waals surface area contributed by atoms with E-state index in [1.165, 1.54) is 0 Å². The van der Waals surface area contributed by atoms with E-state index in [1.54, 1.807) is 6.20 Å². The van der Waals surface area contributed by atoms with Gasteiger partial charge in [-0.15, -0.1) is 5.10 Å². The van der Waals surface area contributed by atoms with Gasteiger partial charge in [-0.2, -0.15) is 5.10 Å². The molecule has 0 fully saturated rings. The zero-order valence-electron chi connectivity index (χ0n) is 8.23. The minimum absolute atomic E-state index is 0.785. The van der Waals surface area contributed by atoms with Crippen LogP contribution in [0.2, 0.25) is 0 Å². The van der Waals surface area contributed by atoms with E-state index >= 15 is 0 Å². The Morgan fingerprint density at radius 2 is 2.00 bits per heavy atom. The summed E-state index contributed by atoms with van der Waals surface area (Å²) >= 11 is 0. The molecule has 72 valence electrons. The molecule has 1 aromatic heterocycles. The molecule has 0 aliphatic rings. The van der Waals surface area contributed by atoms with Gasteiger partial charge in [-0.3, -0.25) is 0 Å². The molecule has 1 N–H and O–H groups in total. The first-order chi connectivity index (χ1) is 6.77. The maximum absolute atomic E-state index is 4.04. The summed E-state index contributed by atoms with van der Waals surface area (Å²) in [6, 6.07) is 8.02. The first-order valence-electron chi connectivity index (χ1n) is 4.42. The van der Waals surface area contributed by atoms with Gasteiger partial charge in [0, 0.05) is 24.9 Å². The fourth-order valence-corrected chi connectivity index (χ4v) is 1.32. The van der Waals surface area contributed by atoms with Crippen molar-refractivity contribution in [3.63, 3.8) is 0 Å². The lowest BCUT2D eigenvalue weighted by atomic mass is 10.2. The molecule has 0 radical (unpaired) electrons. The summed E-state index contributed by atoms with van der Waals surface area (Å²) in [6.45, 7) is 0. The first kappa shape index (κ1) is 8.90. The van der Waals surface area contributed by atoms with Crippen LogP contribution in [0.3, 0.4) is 0 Å². The van der Waals surface area contributed by atoms with Crippen LogP contribution in [0.5, 0.6) is 0 Å². The predicted octanol–water partition coefficient (Wildman–Crippen LogP) is 1.52. The van der Waals surface area contributed by atoms with E-state index in [4.69, 9.17) is 0 Å². The van der Waals surface area contributed by atoms with Gasteiger partial charge in [-0.25, -0.2) is 5.01 Å². The molecule has 14 heavy (non-hydrogen) atoms. The van der Waals surface area contributed by atoms with Crippen LogP contribution in [0, 0.1) is 0 Å². The van der Waals surface area contributed by atoms with Gasteiger partial charge >= 0.3 is 0 Å². The minimum atomic E-state index is 0.785. The maximum atomic E-state index is 4.04. The fraction of sp³-hybridized carbons (Fsp3) is 0.200. The van der Waals surface area contributed by atoms with E-state index in [0.29, 0.717) is 0 Å². The molecule has 4 heteroatoms. The number of hydrogen-bond acceptors (Lipinski definition) is 4. The highest BCUT2D eigenvalue weighted by Crippen LogP contribution is 2.18. The summed E-state index contributed by atoms with van der Waals surface area (Å²) in [5, 5.41) is 12.0. The van der Waals surface area contributed by atoms with E-state index in [9.17, 15) is 0 Å². The average Bonchev–Trinajstić information content (AvgIpc) is 2.18. The number of benzene rings is 1. The molecule has 0 atom stereocenters. The molecule has 0 spiro atoms. The highest BCUT2D eigenvalue weighted by Gasteiger charge is 2.01. The molecule has 0 saturated heterocycles. The molecule has 0 aliphatic carbocycles. The van der Waals surface area contributed by atoms with Crippen molar-refractivity contribution in [2.45, 2.75) is 0 Å². The summed E-state index contributed by atoms with van der Waals surface area (Å²) in [5.74, 6) is 0.785. The Hall–Kier alpha value is -1.68. The topological polar surface area (TPSA) is 41.0 Å². The molecular weight excluding hydrogens is 176 g/mol. The van der Waals surface area contributed by atoms with Crippen molar-refractivity contribution < 1.29 is 0 Å². The molecule has 0 bridgehead atoms. The standard InChI is InChI=1S/C10H12N4/c1-14(2)13-10-9-6-4-3-5-8(9)7-11-12-10/h3-7H,1-2H3,(H,12,13). The number of nitrogens with one attached hydrogen (secondary N) is 1. The van der Waals surface area contributed by atoms with Crippen molar-refractivity contribution in [2.75, 3.05) is 19.5 Å². The van der Waals surface area contributed by atoms with Gasteiger partial charge in [-0.1, -0.05) is 24.3 Å². The normalized spacial score (nSPS) is 10.8. The van der Waals surface area contributed by atoms with Gasteiger partial charge in [0.25, 0.3) is 0 Å². The molecule has 0 aliphatic heterocycles. The first-order valence-corrected chi connectivity index (χ1v) is 4.42. The van der Waals surface area contributed by atoms with Gasteiger partial charge in [0.05, 0.1) is 6.20 Å². The van der Waals surface area contributed by atoms with Crippen LogP contribution in [0.4, 0.5) is 5.82 Å². The zero-order valence-corrected chi connectivity index (χ0v) is 8.23. The number of hydrazine groups is 1. The summed E-state index contributed by atoms with van der Waals surface area (Å²) in [4.78, 5) is 0. The van der Waals surface area contributed by atoms with Gasteiger partial charge in [0.1, 0.15) is 0 Å². The zero-order chi connectivity index (χ0) is 9.97. The van der Waals surface area contributed by atoms with E-state index < -0.39 is 0 Å². The molecule has 1 heterocycles. The molecule has 2 rings (SSSR count). The third-order valence-electron chi connectivity index (χ3n) is 1.90. The largest absolute Gasteiger partial charge is 0.302 e. The lowest BCUT2D eigenvalue weighted by Crippen LogP contribution is -2.20. The highest BCUT2D eigenvalue weighted by molar-refractivity contribution is 5.90. The van der Waals surface area contributed by atoms with Crippen molar-refractivity contribution in [3.8, 4) is 0 Å². The lowest BCUT2D eigenvalue weighted by Gasteiger charge is -2.13. The quantitative estimate of drug-likeness (QED) is 0.725. The van der Waals surface area contributed by atoms with E-state index in [2.05, 4.69) is 15.6 Å². The Kier molecular flexibility index (Phi) is 2.28. The molecular formula is C10H12N4. The second-order valence-corrected chi connectivity index (χ2v) is 3.29. The summed E-state index contributed by atoms with van der Waals surface area (Å²) in [7, 11) is 3.84. The Labute approximate surface area is 82.5 Å². The summed E-state index contributed by atoms with van der Waals surface area (Å²) in [6.07, 6.45) is 1.76. The Morgan fingerprint density at radius 1 is 1.21 bits per heavy atom. The van der Waals surface area contributed by atoms with Gasteiger partial charge in [-0.05, 0) is 0 Å². The number of aromatic nitrogens is 2. The molecule has 0 saturated carbocycles.